The lowest BCUT2D eigenvalue weighted by molar-refractivity contribution is -0.132. The summed E-state index contributed by atoms with van der Waals surface area (Å²) in [6, 6.07) is 2.02. The molecule has 0 bridgehead atoms. The summed E-state index contributed by atoms with van der Waals surface area (Å²) in [4.78, 5) is 48.4. The third kappa shape index (κ3) is 4.68. The molecule has 5 amide bonds. The fourth-order valence-electron chi connectivity index (χ4n) is 2.53. The third-order valence-corrected chi connectivity index (χ3v) is 3.78. The van der Waals surface area contributed by atoms with Gasteiger partial charge in [0.25, 0.3) is 0 Å². The molecule has 1 atom stereocenters. The van der Waals surface area contributed by atoms with E-state index in [1.165, 1.54) is 31.0 Å². The van der Waals surface area contributed by atoms with Crippen molar-refractivity contribution in [2.24, 2.45) is 0 Å². The zero-order valence-electron chi connectivity index (χ0n) is 14.4. The molecule has 1 heterocycles. The van der Waals surface area contributed by atoms with E-state index in [0.717, 1.165) is 6.07 Å². The van der Waals surface area contributed by atoms with Crippen molar-refractivity contribution in [1.29, 1.82) is 0 Å². The second-order valence-electron chi connectivity index (χ2n) is 5.68. The molecule has 4 N–H and O–H groups in total. The van der Waals surface area contributed by atoms with Crippen LogP contribution in [0.4, 0.5) is 20.6 Å². The van der Waals surface area contributed by atoms with Gasteiger partial charge in [-0.3, -0.25) is 14.4 Å². The summed E-state index contributed by atoms with van der Waals surface area (Å²) in [5, 5.41) is 9.86. The Morgan fingerprint density at radius 3 is 2.69 bits per heavy atom. The number of nitrogens with one attached hydrogen (secondary N) is 4. The van der Waals surface area contributed by atoms with Gasteiger partial charge in [0.1, 0.15) is 11.9 Å². The Bertz CT molecular complexity index is 739. The Labute approximate surface area is 149 Å². The van der Waals surface area contributed by atoms with Gasteiger partial charge in [-0.05, 0) is 18.2 Å². The highest BCUT2D eigenvalue weighted by molar-refractivity contribution is 5.97. The summed E-state index contributed by atoms with van der Waals surface area (Å²) in [6.07, 6.45) is -0.204. The number of halogens is 1. The van der Waals surface area contributed by atoms with Crippen LogP contribution in [0, 0.1) is 5.82 Å². The van der Waals surface area contributed by atoms with E-state index in [1.807, 2.05) is 0 Å². The molecule has 1 aliphatic heterocycles. The Morgan fingerprint density at radius 1 is 1.31 bits per heavy atom. The maximum absolute atomic E-state index is 14.0. The lowest BCUT2D eigenvalue weighted by atomic mass is 10.1. The molecule has 0 spiro atoms. The largest absolute Gasteiger partial charge is 0.359 e. The molecule has 0 saturated carbocycles. The molecule has 1 aromatic rings. The summed E-state index contributed by atoms with van der Waals surface area (Å²) in [7, 11) is 1.43. The molecule has 0 unspecified atom stereocenters. The fourth-order valence-corrected chi connectivity index (χ4v) is 2.53. The molecule has 9 nitrogen and oxygen atoms in total. The second kappa shape index (κ2) is 8.28. The van der Waals surface area contributed by atoms with Gasteiger partial charge in [-0.15, -0.1) is 0 Å². The average molecular weight is 365 g/mol. The van der Waals surface area contributed by atoms with Crippen LogP contribution in [0.3, 0.4) is 0 Å². The van der Waals surface area contributed by atoms with E-state index >= 15 is 0 Å². The van der Waals surface area contributed by atoms with Crippen LogP contribution in [0.25, 0.3) is 0 Å². The van der Waals surface area contributed by atoms with Gasteiger partial charge in [0.15, 0.2) is 0 Å². The normalized spacial score (nSPS) is 16.5. The Kier molecular flexibility index (Phi) is 6.10. The first-order valence-electron chi connectivity index (χ1n) is 7.95. The number of hydrogen-bond acceptors (Lipinski definition) is 4. The molecule has 10 heteroatoms. The van der Waals surface area contributed by atoms with Crippen molar-refractivity contribution < 1.29 is 23.6 Å². The number of hydrogen-bond donors (Lipinski definition) is 4. The second-order valence-corrected chi connectivity index (χ2v) is 5.68. The quantitative estimate of drug-likeness (QED) is 0.611. The first-order valence-corrected chi connectivity index (χ1v) is 7.95. The number of nitrogens with zero attached hydrogens (tertiary/aromatic N) is 1. The molecule has 140 valence electrons. The van der Waals surface area contributed by atoms with Gasteiger partial charge in [-0.2, -0.15) is 0 Å². The zero-order chi connectivity index (χ0) is 19.3. The van der Waals surface area contributed by atoms with E-state index in [4.69, 9.17) is 0 Å². The van der Waals surface area contributed by atoms with Gasteiger partial charge in [0, 0.05) is 32.7 Å². The van der Waals surface area contributed by atoms with Crippen LogP contribution < -0.4 is 21.3 Å². The van der Waals surface area contributed by atoms with Crippen LogP contribution >= 0.6 is 0 Å². The minimum atomic E-state index is -0.995. The number of piperazine rings is 1. The third-order valence-electron chi connectivity index (χ3n) is 3.78. The number of carbonyl (C=O) groups excluding carboxylic acids is 4. The Hall–Kier alpha value is -3.17. The number of rotatable bonds is 4. The van der Waals surface area contributed by atoms with Crippen molar-refractivity contribution in [2.45, 2.75) is 19.4 Å². The molecule has 1 aromatic carbocycles. The van der Waals surface area contributed by atoms with Crippen molar-refractivity contribution in [1.82, 2.24) is 15.5 Å². The molecular formula is C16H20FN5O4. The van der Waals surface area contributed by atoms with Crippen LogP contribution in [-0.2, 0) is 14.4 Å². The Balaban J connectivity index is 2.17. The van der Waals surface area contributed by atoms with Crippen LogP contribution in [0.15, 0.2) is 18.2 Å². The minimum Gasteiger partial charge on any atom is -0.359 e. The monoisotopic (exact) mass is 365 g/mol. The van der Waals surface area contributed by atoms with Gasteiger partial charge in [-0.1, -0.05) is 0 Å². The van der Waals surface area contributed by atoms with Gasteiger partial charge < -0.3 is 26.2 Å². The predicted octanol–water partition coefficient (Wildman–Crippen LogP) is 0.253. The average Bonchev–Trinajstić information content (AvgIpc) is 2.58. The number of anilines is 2. The van der Waals surface area contributed by atoms with E-state index in [9.17, 15) is 23.6 Å². The number of urea groups is 1. The molecule has 0 aliphatic carbocycles. The van der Waals surface area contributed by atoms with Crippen LogP contribution in [0.1, 0.15) is 13.3 Å². The molecule has 1 saturated heterocycles. The van der Waals surface area contributed by atoms with Crippen molar-refractivity contribution in [2.75, 3.05) is 30.8 Å². The van der Waals surface area contributed by atoms with E-state index < -0.39 is 29.7 Å². The molecule has 1 fully saturated rings. The maximum Gasteiger partial charge on any atom is 0.322 e. The summed E-state index contributed by atoms with van der Waals surface area (Å²) < 4.78 is 14.0. The molecular weight excluding hydrogens is 345 g/mol. The van der Waals surface area contributed by atoms with Crippen molar-refractivity contribution in [3.05, 3.63) is 24.0 Å². The summed E-state index contributed by atoms with van der Waals surface area (Å²) in [5.74, 6) is -1.89. The highest BCUT2D eigenvalue weighted by Crippen LogP contribution is 2.21. The van der Waals surface area contributed by atoms with Gasteiger partial charge in [0.05, 0.1) is 12.1 Å². The number of amides is 5. The van der Waals surface area contributed by atoms with Gasteiger partial charge in [0.2, 0.25) is 17.7 Å². The maximum atomic E-state index is 14.0. The number of benzene rings is 1. The lowest BCUT2D eigenvalue weighted by Crippen LogP contribution is -2.59. The van der Waals surface area contributed by atoms with Crippen molar-refractivity contribution in [3.63, 3.8) is 0 Å². The van der Waals surface area contributed by atoms with Crippen molar-refractivity contribution >= 4 is 35.1 Å². The molecule has 0 radical (unpaired) electrons. The molecule has 0 aromatic heterocycles. The fraction of sp³-hybridized carbons (Fsp3) is 0.375. The Morgan fingerprint density at radius 2 is 2.04 bits per heavy atom. The topological polar surface area (TPSA) is 120 Å². The van der Waals surface area contributed by atoms with Crippen LogP contribution in [-0.4, -0.2) is 54.8 Å². The molecule has 26 heavy (non-hydrogen) atoms. The predicted molar refractivity (Wildman–Crippen MR) is 91.9 cm³/mol. The van der Waals surface area contributed by atoms with E-state index in [2.05, 4.69) is 21.3 Å². The van der Waals surface area contributed by atoms with Crippen LogP contribution in [0.2, 0.25) is 0 Å². The SMILES string of the molecule is CNC(=O)C[C@@H]1C(=O)NCCN1C(=O)Nc1cc(NC(C)=O)ccc1F. The summed E-state index contributed by atoms with van der Waals surface area (Å²) in [6.45, 7) is 1.70. The van der Waals surface area contributed by atoms with Crippen LogP contribution in [0.5, 0.6) is 0 Å². The summed E-state index contributed by atoms with van der Waals surface area (Å²) >= 11 is 0. The summed E-state index contributed by atoms with van der Waals surface area (Å²) in [5.41, 5.74) is 0.165. The standard InChI is InChI=1S/C16H20FN5O4/c1-9(23)20-10-3-4-11(17)12(7-10)21-16(26)22-6-5-19-15(25)13(22)8-14(24)18-2/h3-4,7,13H,5-6,8H2,1-2H3,(H,18,24)(H,19,25)(H,20,23)(H,21,26)/t13-/m1/s1. The van der Waals surface area contributed by atoms with E-state index in [-0.39, 0.29) is 31.1 Å². The highest BCUT2D eigenvalue weighted by atomic mass is 19.1. The highest BCUT2D eigenvalue weighted by Gasteiger charge is 2.34. The van der Waals surface area contributed by atoms with E-state index in [0.29, 0.717) is 5.69 Å². The molecule has 2 rings (SSSR count). The zero-order valence-corrected chi connectivity index (χ0v) is 14.4. The van der Waals surface area contributed by atoms with Crippen molar-refractivity contribution in [3.8, 4) is 0 Å². The lowest BCUT2D eigenvalue weighted by Gasteiger charge is -2.34. The van der Waals surface area contributed by atoms with Gasteiger partial charge >= 0.3 is 6.03 Å². The molecule has 1 aliphatic rings. The smallest absolute Gasteiger partial charge is 0.322 e. The minimum absolute atomic E-state index is 0.147. The van der Waals surface area contributed by atoms with Gasteiger partial charge in [-0.25, -0.2) is 9.18 Å². The number of carbonyl (C=O) groups is 4. The van der Waals surface area contributed by atoms with E-state index in [1.54, 1.807) is 0 Å². The first kappa shape index (κ1) is 19.2. The first-order chi connectivity index (χ1) is 12.3.